The van der Waals surface area contributed by atoms with Gasteiger partial charge in [-0.1, -0.05) is 39.3 Å². The molecule has 0 bridgehead atoms. The maximum absolute atomic E-state index is 13.5. The van der Waals surface area contributed by atoms with Gasteiger partial charge in [0.1, 0.15) is 23.1 Å². The van der Waals surface area contributed by atoms with Crippen molar-refractivity contribution in [1.82, 2.24) is 15.1 Å². The SMILES string of the molecule is CCCCN1C(=O)[C@@H]([C@@H](O)C(C)C)NC(=O)C12CCN(Cc1ccc(Oc3ccc(NS(C)(=O)=O)cc3)cc1)CC2. The molecule has 2 aliphatic heterocycles. The predicted octanol–water partition coefficient (Wildman–Crippen LogP) is 3.33. The molecule has 2 saturated heterocycles. The number of hydrogen-bond acceptors (Lipinski definition) is 7. The highest BCUT2D eigenvalue weighted by molar-refractivity contribution is 7.92. The van der Waals surface area contributed by atoms with Gasteiger partial charge in [0, 0.05) is 31.9 Å². The molecular formula is C30H42N4O6S. The molecule has 2 amide bonds. The second kappa shape index (κ2) is 12.8. The standard InChI is InChI=1S/C30H42N4O6S/c1-5-6-17-34-28(36)26(27(35)21(2)3)31-29(37)30(34)15-18-33(19-16-30)20-22-7-11-24(12-8-22)40-25-13-9-23(10-14-25)32-41(4,38)39/h7-14,21,26-27,32,35H,5-6,15-20H2,1-4H3,(H,31,37)/t26-,27+/m1/s1. The van der Waals surface area contributed by atoms with Crippen molar-refractivity contribution < 1.29 is 27.9 Å². The summed E-state index contributed by atoms with van der Waals surface area (Å²) in [7, 11) is -3.34. The zero-order valence-electron chi connectivity index (χ0n) is 24.3. The highest BCUT2D eigenvalue weighted by Crippen LogP contribution is 2.35. The van der Waals surface area contributed by atoms with E-state index in [4.69, 9.17) is 4.74 Å². The quantitative estimate of drug-likeness (QED) is 0.369. The van der Waals surface area contributed by atoms with Crippen molar-refractivity contribution in [1.29, 1.82) is 0 Å². The van der Waals surface area contributed by atoms with Crippen LogP contribution in [0, 0.1) is 5.92 Å². The summed E-state index contributed by atoms with van der Waals surface area (Å²) in [6.45, 7) is 8.33. The van der Waals surface area contributed by atoms with Crippen LogP contribution in [0.25, 0.3) is 0 Å². The van der Waals surface area contributed by atoms with Gasteiger partial charge in [0.15, 0.2) is 0 Å². The highest BCUT2D eigenvalue weighted by Gasteiger charge is 2.54. The molecular weight excluding hydrogens is 544 g/mol. The fourth-order valence-electron chi connectivity index (χ4n) is 5.54. The molecule has 2 aromatic carbocycles. The molecule has 41 heavy (non-hydrogen) atoms. The topological polar surface area (TPSA) is 128 Å². The Bertz CT molecular complexity index is 1310. The number of anilines is 1. The van der Waals surface area contributed by atoms with Gasteiger partial charge in [-0.15, -0.1) is 0 Å². The summed E-state index contributed by atoms with van der Waals surface area (Å²) in [5.74, 6) is 0.782. The van der Waals surface area contributed by atoms with Crippen LogP contribution >= 0.6 is 0 Å². The minimum Gasteiger partial charge on any atom is -0.457 e. The monoisotopic (exact) mass is 586 g/mol. The number of carbonyl (C=O) groups is 2. The third-order valence-electron chi connectivity index (χ3n) is 7.92. The first kappa shape index (κ1) is 30.8. The minimum atomic E-state index is -3.34. The largest absolute Gasteiger partial charge is 0.457 e. The Morgan fingerprint density at radius 2 is 1.63 bits per heavy atom. The summed E-state index contributed by atoms with van der Waals surface area (Å²) in [6.07, 6.45) is 3.00. The van der Waals surface area contributed by atoms with Crippen molar-refractivity contribution in [3.63, 3.8) is 0 Å². The molecule has 0 unspecified atom stereocenters. The molecule has 2 fully saturated rings. The number of unbranched alkanes of at least 4 members (excludes halogenated alkanes) is 1. The van der Waals surface area contributed by atoms with Crippen LogP contribution in [0.5, 0.6) is 11.5 Å². The number of nitrogens with zero attached hydrogens (tertiary/aromatic N) is 2. The summed E-state index contributed by atoms with van der Waals surface area (Å²) in [5.41, 5.74) is 0.697. The van der Waals surface area contributed by atoms with E-state index < -0.39 is 27.7 Å². The molecule has 3 N–H and O–H groups in total. The number of carbonyl (C=O) groups excluding carboxylic acids is 2. The molecule has 2 heterocycles. The first-order chi connectivity index (χ1) is 19.4. The number of aliphatic hydroxyl groups is 1. The Kier molecular flexibility index (Phi) is 9.61. The van der Waals surface area contributed by atoms with Crippen LogP contribution in [-0.4, -0.2) is 78.7 Å². The Labute approximate surface area is 243 Å². The number of rotatable bonds is 11. The van der Waals surface area contributed by atoms with Crippen LogP contribution in [0.1, 0.15) is 52.0 Å². The van der Waals surface area contributed by atoms with Crippen LogP contribution in [0.15, 0.2) is 48.5 Å². The van der Waals surface area contributed by atoms with Gasteiger partial charge in [0.2, 0.25) is 21.8 Å². The molecule has 2 aromatic rings. The van der Waals surface area contributed by atoms with E-state index in [9.17, 15) is 23.1 Å². The van der Waals surface area contributed by atoms with E-state index in [1.807, 2.05) is 38.1 Å². The lowest BCUT2D eigenvalue weighted by Crippen LogP contribution is -2.74. The van der Waals surface area contributed by atoms with Gasteiger partial charge in [-0.05, 0) is 67.1 Å². The molecule has 0 aromatic heterocycles. The van der Waals surface area contributed by atoms with Gasteiger partial charge in [-0.2, -0.15) is 0 Å². The third kappa shape index (κ3) is 7.38. The average Bonchev–Trinajstić information content (AvgIpc) is 2.93. The molecule has 2 atom stereocenters. The lowest BCUT2D eigenvalue weighted by atomic mass is 9.80. The summed E-state index contributed by atoms with van der Waals surface area (Å²) in [5, 5.41) is 13.5. The van der Waals surface area contributed by atoms with Crippen LogP contribution in [0.4, 0.5) is 5.69 Å². The molecule has 4 rings (SSSR count). The number of piperazine rings is 1. The lowest BCUT2D eigenvalue weighted by molar-refractivity contribution is -0.165. The zero-order valence-corrected chi connectivity index (χ0v) is 25.1. The Morgan fingerprint density at radius 3 is 2.17 bits per heavy atom. The molecule has 0 aliphatic carbocycles. The number of hydrogen-bond donors (Lipinski definition) is 3. The van der Waals surface area contributed by atoms with Crippen molar-refractivity contribution >= 4 is 27.5 Å². The van der Waals surface area contributed by atoms with Crippen LogP contribution < -0.4 is 14.8 Å². The van der Waals surface area contributed by atoms with Crippen molar-refractivity contribution in [2.75, 3.05) is 30.6 Å². The van der Waals surface area contributed by atoms with Gasteiger partial charge < -0.3 is 20.1 Å². The van der Waals surface area contributed by atoms with E-state index in [0.717, 1.165) is 24.7 Å². The van der Waals surface area contributed by atoms with Crippen molar-refractivity contribution in [2.45, 2.75) is 70.7 Å². The van der Waals surface area contributed by atoms with E-state index in [0.29, 0.717) is 56.2 Å². The normalized spacial score (nSPS) is 20.2. The van der Waals surface area contributed by atoms with E-state index in [1.54, 1.807) is 29.2 Å². The number of amides is 2. The third-order valence-corrected chi connectivity index (χ3v) is 8.53. The molecule has 0 radical (unpaired) electrons. The zero-order chi connectivity index (χ0) is 29.8. The maximum atomic E-state index is 13.5. The predicted molar refractivity (Wildman–Crippen MR) is 158 cm³/mol. The summed E-state index contributed by atoms with van der Waals surface area (Å²) in [6, 6.07) is 13.6. The number of nitrogens with one attached hydrogen (secondary N) is 2. The van der Waals surface area contributed by atoms with E-state index >= 15 is 0 Å². The molecule has 0 saturated carbocycles. The molecule has 11 heteroatoms. The smallest absolute Gasteiger partial charge is 0.248 e. The fourth-order valence-corrected chi connectivity index (χ4v) is 6.10. The second-order valence-electron chi connectivity index (χ2n) is 11.5. The number of aliphatic hydroxyl groups excluding tert-OH is 1. The lowest BCUT2D eigenvalue weighted by Gasteiger charge is -2.52. The van der Waals surface area contributed by atoms with Gasteiger partial charge in [-0.3, -0.25) is 19.2 Å². The Hall–Kier alpha value is -3.15. The number of likely N-dealkylation sites (tertiary alicyclic amines) is 1. The summed E-state index contributed by atoms with van der Waals surface area (Å²) >= 11 is 0. The van der Waals surface area contributed by atoms with Crippen LogP contribution in [0.2, 0.25) is 0 Å². The van der Waals surface area contributed by atoms with Crippen molar-refractivity contribution in [2.24, 2.45) is 5.92 Å². The Balaban J connectivity index is 1.36. The van der Waals surface area contributed by atoms with Crippen molar-refractivity contribution in [3.8, 4) is 11.5 Å². The number of piperidine rings is 1. The fraction of sp³-hybridized carbons (Fsp3) is 0.533. The first-order valence-electron chi connectivity index (χ1n) is 14.3. The van der Waals surface area contributed by atoms with E-state index in [-0.39, 0.29) is 17.7 Å². The molecule has 10 nitrogen and oxygen atoms in total. The van der Waals surface area contributed by atoms with Crippen molar-refractivity contribution in [3.05, 3.63) is 54.1 Å². The first-order valence-corrected chi connectivity index (χ1v) is 16.2. The Morgan fingerprint density at radius 1 is 1.05 bits per heavy atom. The number of benzene rings is 2. The summed E-state index contributed by atoms with van der Waals surface area (Å²) < 4.78 is 31.1. The average molecular weight is 587 g/mol. The van der Waals surface area contributed by atoms with Crippen LogP contribution in [0.3, 0.4) is 0 Å². The van der Waals surface area contributed by atoms with Gasteiger partial charge in [-0.25, -0.2) is 8.42 Å². The van der Waals surface area contributed by atoms with Gasteiger partial charge >= 0.3 is 0 Å². The van der Waals surface area contributed by atoms with Gasteiger partial charge in [0.25, 0.3) is 0 Å². The summed E-state index contributed by atoms with van der Waals surface area (Å²) in [4.78, 5) is 31.0. The minimum absolute atomic E-state index is 0.144. The molecule has 1 spiro atoms. The van der Waals surface area contributed by atoms with E-state index in [1.165, 1.54) is 0 Å². The highest BCUT2D eigenvalue weighted by atomic mass is 32.2. The van der Waals surface area contributed by atoms with Gasteiger partial charge in [0.05, 0.1) is 12.4 Å². The van der Waals surface area contributed by atoms with E-state index in [2.05, 4.69) is 21.9 Å². The maximum Gasteiger partial charge on any atom is 0.248 e. The van der Waals surface area contributed by atoms with Crippen LogP contribution in [-0.2, 0) is 26.2 Å². The molecule has 2 aliphatic rings. The second-order valence-corrected chi connectivity index (χ2v) is 13.2. The number of ether oxygens (including phenoxy) is 1. The molecule has 224 valence electrons. The number of sulfonamides is 1.